The fraction of sp³-hybridized carbons (Fsp3) is 0.188. The van der Waals surface area contributed by atoms with Crippen molar-refractivity contribution in [2.45, 2.75) is 50.2 Å². The molecule has 6 aromatic rings. The minimum absolute atomic E-state index is 0.0959. The van der Waals surface area contributed by atoms with E-state index in [-0.39, 0.29) is 30.5 Å². The summed E-state index contributed by atoms with van der Waals surface area (Å²) >= 11 is 0. The minimum Gasteiger partial charge on any atom is -0.449 e. The number of ether oxygens (including phenoxy) is 3. The third-order valence-electron chi connectivity index (χ3n) is 9.90. The van der Waals surface area contributed by atoms with Gasteiger partial charge in [0.1, 0.15) is 23.4 Å². The van der Waals surface area contributed by atoms with Crippen molar-refractivity contribution in [2.24, 2.45) is 0 Å². The van der Waals surface area contributed by atoms with Crippen molar-refractivity contribution in [3.63, 3.8) is 0 Å². The van der Waals surface area contributed by atoms with Crippen LogP contribution in [0.15, 0.2) is 164 Å². The number of hydrogen-bond donors (Lipinski definition) is 1. The molecule has 0 saturated heterocycles. The summed E-state index contributed by atoms with van der Waals surface area (Å²) in [6, 6.07) is 51.1. The summed E-state index contributed by atoms with van der Waals surface area (Å²) in [5.41, 5.74) is 5.44. The molecule has 276 valence electrons. The van der Waals surface area contributed by atoms with Crippen molar-refractivity contribution in [1.82, 2.24) is 5.32 Å². The summed E-state index contributed by atoms with van der Waals surface area (Å²) in [5.74, 6) is -0.0990. The highest BCUT2D eigenvalue weighted by Gasteiger charge is 2.47. The molecule has 1 atom stereocenters. The van der Waals surface area contributed by atoms with Gasteiger partial charge in [-0.2, -0.15) is 0 Å². The highest BCUT2D eigenvalue weighted by molar-refractivity contribution is 6.02. The van der Waals surface area contributed by atoms with Crippen LogP contribution < -0.4 is 10.1 Å². The second kappa shape index (κ2) is 15.9. The third-order valence-corrected chi connectivity index (χ3v) is 9.90. The number of Topliss-reactive ketones (excluding diaryl/α,β-unsaturated/α-hetero) is 1. The van der Waals surface area contributed by atoms with Crippen molar-refractivity contribution in [3.8, 4) is 16.9 Å². The van der Waals surface area contributed by atoms with Crippen LogP contribution >= 0.6 is 0 Å². The fourth-order valence-electron chi connectivity index (χ4n) is 7.54. The molecular weight excluding hydrogens is 687 g/mol. The van der Waals surface area contributed by atoms with Gasteiger partial charge >= 0.3 is 12.2 Å². The van der Waals surface area contributed by atoms with Crippen LogP contribution in [0.2, 0.25) is 0 Å². The van der Waals surface area contributed by atoms with Crippen LogP contribution in [-0.2, 0) is 26.1 Å². The maximum atomic E-state index is 15.7. The molecule has 0 aliphatic heterocycles. The quantitative estimate of drug-likeness (QED) is 0.0811. The van der Waals surface area contributed by atoms with Crippen molar-refractivity contribution >= 4 is 18.0 Å². The van der Waals surface area contributed by atoms with Crippen LogP contribution in [0, 0.1) is 0 Å². The highest BCUT2D eigenvalue weighted by atomic mass is 16.7. The molecule has 0 spiro atoms. The summed E-state index contributed by atoms with van der Waals surface area (Å²) in [6.07, 6.45) is -1.39. The highest BCUT2D eigenvalue weighted by Crippen LogP contribution is 2.45. The van der Waals surface area contributed by atoms with Gasteiger partial charge in [0.2, 0.25) is 0 Å². The lowest BCUT2D eigenvalue weighted by molar-refractivity contribution is -0.124. The average Bonchev–Trinajstić information content (AvgIpc) is 3.52. The average molecular weight is 730 g/mol. The molecule has 1 aliphatic rings. The van der Waals surface area contributed by atoms with Crippen LogP contribution in [0.4, 0.5) is 9.59 Å². The van der Waals surface area contributed by atoms with E-state index in [0.717, 1.165) is 44.5 Å². The number of nitrogens with one attached hydrogen (secondary N) is 1. The molecular formula is C48H43NO6. The minimum atomic E-state index is -1.30. The maximum Gasteiger partial charge on any atom is 0.514 e. The molecule has 0 radical (unpaired) electrons. The Balaban J connectivity index is 1.24. The normalized spacial score (nSPS) is 12.9. The predicted octanol–water partition coefficient (Wildman–Crippen LogP) is 10.1. The lowest BCUT2D eigenvalue weighted by Crippen LogP contribution is -2.52. The van der Waals surface area contributed by atoms with Gasteiger partial charge in [-0.3, -0.25) is 4.79 Å². The van der Waals surface area contributed by atoms with Gasteiger partial charge in [0.05, 0.1) is 6.04 Å². The molecule has 0 heterocycles. The smallest absolute Gasteiger partial charge is 0.449 e. The Morgan fingerprint density at radius 1 is 0.600 bits per heavy atom. The number of carbonyl (C=O) groups excluding carboxylic acids is 3. The first kappa shape index (κ1) is 36.9. The first-order chi connectivity index (χ1) is 26.6. The lowest BCUT2D eigenvalue weighted by Gasteiger charge is -2.37. The van der Waals surface area contributed by atoms with Crippen LogP contribution in [0.3, 0.4) is 0 Å². The van der Waals surface area contributed by atoms with Crippen molar-refractivity contribution in [1.29, 1.82) is 0 Å². The van der Waals surface area contributed by atoms with E-state index in [4.69, 9.17) is 14.2 Å². The molecule has 0 unspecified atom stereocenters. The molecule has 1 amide bonds. The van der Waals surface area contributed by atoms with Crippen molar-refractivity contribution in [3.05, 3.63) is 197 Å². The van der Waals surface area contributed by atoms with E-state index in [9.17, 15) is 9.59 Å². The van der Waals surface area contributed by atoms with Gasteiger partial charge < -0.3 is 19.5 Å². The largest absolute Gasteiger partial charge is 0.514 e. The Morgan fingerprint density at radius 2 is 1.05 bits per heavy atom. The lowest BCUT2D eigenvalue weighted by atomic mass is 9.64. The number of amides is 1. The zero-order valence-electron chi connectivity index (χ0n) is 31.1. The van der Waals surface area contributed by atoms with Crippen molar-refractivity contribution in [2.75, 3.05) is 6.61 Å². The molecule has 6 aromatic carbocycles. The first-order valence-corrected chi connectivity index (χ1v) is 18.5. The third kappa shape index (κ3) is 7.92. The van der Waals surface area contributed by atoms with Gasteiger partial charge in [-0.15, -0.1) is 0 Å². The Labute approximate surface area is 321 Å². The topological polar surface area (TPSA) is 90.9 Å². The van der Waals surface area contributed by atoms with Crippen LogP contribution in [-0.4, -0.2) is 36.3 Å². The summed E-state index contributed by atoms with van der Waals surface area (Å²) in [4.78, 5) is 42.0. The standard InChI is InChI=1S/C48H43NO6/c1-47(2,3)55-46(52)54-37-29-27-33(28-30-37)31-43(49-45(51)53-32-42-40-25-15-13-23-38(40)39-24-14-16-26-41(39)42)44(50)48(34-17-7-4-8-18-34,35-19-9-5-10-20-35)36-21-11-6-12-22-36/h4-30,42-43H,31-32H2,1-3H3,(H,49,51)/t43-/m0/s1. The van der Waals surface area contributed by atoms with E-state index >= 15 is 4.79 Å². The Bertz CT molecular complexity index is 2120. The predicted molar refractivity (Wildman–Crippen MR) is 213 cm³/mol. The zero-order valence-corrected chi connectivity index (χ0v) is 31.1. The Kier molecular flexibility index (Phi) is 10.6. The van der Waals surface area contributed by atoms with Gasteiger partial charge in [-0.05, 0) is 83.8 Å². The number of benzene rings is 6. The molecule has 55 heavy (non-hydrogen) atoms. The van der Waals surface area contributed by atoms with Crippen molar-refractivity contribution < 1.29 is 28.6 Å². The molecule has 1 aliphatic carbocycles. The molecule has 7 heteroatoms. The van der Waals surface area contributed by atoms with Crippen LogP contribution in [0.1, 0.15) is 60.1 Å². The van der Waals surface area contributed by atoms with E-state index in [0.29, 0.717) is 0 Å². The summed E-state index contributed by atoms with van der Waals surface area (Å²) in [5, 5.41) is 3.01. The molecule has 0 aromatic heterocycles. The van der Waals surface area contributed by atoms with Gasteiger partial charge in [0, 0.05) is 5.92 Å². The SMILES string of the molecule is CC(C)(C)OC(=O)Oc1ccc(C[C@H](NC(=O)OCC2c3ccccc3-c3ccccc32)C(=O)C(c2ccccc2)(c2ccccc2)c2ccccc2)cc1. The van der Waals surface area contributed by atoms with Crippen LogP contribution in [0.5, 0.6) is 5.75 Å². The summed E-state index contributed by atoms with van der Waals surface area (Å²) in [6.45, 7) is 5.38. The van der Waals surface area contributed by atoms with E-state index in [1.54, 1.807) is 45.0 Å². The van der Waals surface area contributed by atoms with E-state index < -0.39 is 29.3 Å². The molecule has 7 nitrogen and oxygen atoms in total. The Morgan fingerprint density at radius 3 is 1.53 bits per heavy atom. The van der Waals surface area contributed by atoms with E-state index in [2.05, 4.69) is 29.6 Å². The summed E-state index contributed by atoms with van der Waals surface area (Å²) < 4.78 is 16.7. The number of carbonyl (C=O) groups is 3. The number of rotatable bonds is 11. The molecule has 0 saturated carbocycles. The zero-order chi connectivity index (χ0) is 38.4. The monoisotopic (exact) mass is 729 g/mol. The van der Waals surface area contributed by atoms with Gasteiger partial charge in [0.25, 0.3) is 0 Å². The number of hydrogen-bond acceptors (Lipinski definition) is 6. The van der Waals surface area contributed by atoms with Gasteiger partial charge in [-0.25, -0.2) is 9.59 Å². The summed E-state index contributed by atoms with van der Waals surface area (Å²) in [7, 11) is 0. The van der Waals surface area contributed by atoms with E-state index in [1.165, 1.54) is 0 Å². The maximum absolute atomic E-state index is 15.7. The fourth-order valence-corrected chi connectivity index (χ4v) is 7.54. The number of ketones is 1. The van der Waals surface area contributed by atoms with Gasteiger partial charge in [-0.1, -0.05) is 152 Å². The molecule has 1 N–H and O–H groups in total. The molecule has 0 bridgehead atoms. The second-order valence-corrected chi connectivity index (χ2v) is 14.6. The first-order valence-electron chi connectivity index (χ1n) is 18.5. The molecule has 0 fully saturated rings. The van der Waals surface area contributed by atoms with Crippen LogP contribution in [0.25, 0.3) is 11.1 Å². The van der Waals surface area contributed by atoms with E-state index in [1.807, 2.05) is 115 Å². The Hall–Kier alpha value is -6.47. The second-order valence-electron chi connectivity index (χ2n) is 14.6. The number of fused-ring (bicyclic) bond motifs is 3. The molecule has 7 rings (SSSR count). The number of alkyl carbamates (subject to hydrolysis) is 1. The van der Waals surface area contributed by atoms with Gasteiger partial charge in [0.15, 0.2) is 5.78 Å².